The Balaban J connectivity index is 2.37. The van der Waals surface area contributed by atoms with E-state index in [1.165, 1.54) is 0 Å². The third-order valence-corrected chi connectivity index (χ3v) is 3.15. The van der Waals surface area contributed by atoms with Gasteiger partial charge in [-0.3, -0.25) is 14.9 Å². The number of amides is 2. The maximum absolute atomic E-state index is 11.9. The molecule has 1 unspecified atom stereocenters. The van der Waals surface area contributed by atoms with Crippen molar-refractivity contribution in [3.8, 4) is 0 Å². The van der Waals surface area contributed by atoms with E-state index in [0.29, 0.717) is 18.8 Å². The summed E-state index contributed by atoms with van der Waals surface area (Å²) >= 11 is 0. The summed E-state index contributed by atoms with van der Waals surface area (Å²) in [6.45, 7) is 2.73. The number of hydrogen-bond donors (Lipinski definition) is 2. The number of piperazine rings is 1. The van der Waals surface area contributed by atoms with Crippen LogP contribution in [0.1, 0.15) is 18.9 Å². The topological polar surface area (TPSA) is 74.3 Å². The van der Waals surface area contributed by atoms with Crippen molar-refractivity contribution in [2.24, 2.45) is 0 Å². The van der Waals surface area contributed by atoms with Gasteiger partial charge in [-0.2, -0.15) is 0 Å². The lowest BCUT2D eigenvalue weighted by atomic mass is 10.1. The normalized spacial score (nSPS) is 19.5. The molecule has 2 N–H and O–H groups in total. The molecule has 0 spiro atoms. The van der Waals surface area contributed by atoms with Crippen LogP contribution in [0.3, 0.4) is 0 Å². The second-order valence-corrected chi connectivity index (χ2v) is 4.48. The van der Waals surface area contributed by atoms with E-state index in [2.05, 4.69) is 15.6 Å². The molecule has 1 aromatic heterocycles. The van der Waals surface area contributed by atoms with Gasteiger partial charge in [0.1, 0.15) is 11.9 Å². The predicted octanol–water partition coefficient (Wildman–Crippen LogP) is 0.0424. The summed E-state index contributed by atoms with van der Waals surface area (Å²) in [5.41, 5.74) is 0.978. The van der Waals surface area contributed by atoms with Gasteiger partial charge < -0.3 is 10.2 Å². The van der Waals surface area contributed by atoms with Gasteiger partial charge in [0.25, 0.3) is 0 Å². The minimum atomic E-state index is -0.344. The Morgan fingerprint density at radius 1 is 1.53 bits per heavy atom. The molecule has 0 radical (unpaired) electrons. The molecule has 0 saturated carbocycles. The Labute approximate surface area is 112 Å². The van der Waals surface area contributed by atoms with Gasteiger partial charge in [-0.1, -0.05) is 13.0 Å². The van der Waals surface area contributed by atoms with E-state index in [9.17, 15) is 9.59 Å². The molecule has 102 valence electrons. The standard InChI is InChI=1S/C13H18N4O2/c1-3-10-13(19)16-11(18)8-17(10)12-9(7-14-2)5-4-6-15-12/h4-6,10,14H,3,7-8H2,1-2H3,(H,16,18,19). The summed E-state index contributed by atoms with van der Waals surface area (Å²) < 4.78 is 0. The molecule has 1 aromatic rings. The lowest BCUT2D eigenvalue weighted by Gasteiger charge is -2.35. The third kappa shape index (κ3) is 2.73. The van der Waals surface area contributed by atoms with E-state index in [4.69, 9.17) is 0 Å². The van der Waals surface area contributed by atoms with Crippen molar-refractivity contribution in [3.63, 3.8) is 0 Å². The number of nitrogens with one attached hydrogen (secondary N) is 2. The van der Waals surface area contributed by atoms with Crippen molar-refractivity contribution in [1.82, 2.24) is 15.6 Å². The van der Waals surface area contributed by atoms with Crippen LogP contribution in [0.2, 0.25) is 0 Å². The van der Waals surface area contributed by atoms with Crippen LogP contribution in [0, 0.1) is 0 Å². The van der Waals surface area contributed by atoms with E-state index in [1.54, 1.807) is 11.1 Å². The highest BCUT2D eigenvalue weighted by molar-refractivity contribution is 6.04. The van der Waals surface area contributed by atoms with Crippen molar-refractivity contribution in [2.45, 2.75) is 25.9 Å². The average Bonchev–Trinajstić information content (AvgIpc) is 2.39. The average molecular weight is 262 g/mol. The molecule has 1 atom stereocenters. The Bertz CT molecular complexity index is 489. The van der Waals surface area contributed by atoms with E-state index in [1.807, 2.05) is 26.1 Å². The van der Waals surface area contributed by atoms with Crippen LogP contribution in [0.15, 0.2) is 18.3 Å². The highest BCUT2D eigenvalue weighted by atomic mass is 16.2. The number of carbonyl (C=O) groups is 2. The summed E-state index contributed by atoms with van der Waals surface area (Å²) in [5.74, 6) is 0.169. The fourth-order valence-electron chi connectivity index (χ4n) is 2.31. The fourth-order valence-corrected chi connectivity index (χ4v) is 2.31. The smallest absolute Gasteiger partial charge is 0.249 e. The number of imide groups is 1. The van der Waals surface area contributed by atoms with Crippen LogP contribution >= 0.6 is 0 Å². The molecule has 19 heavy (non-hydrogen) atoms. The summed E-state index contributed by atoms with van der Waals surface area (Å²) in [6, 6.07) is 3.45. The highest BCUT2D eigenvalue weighted by Crippen LogP contribution is 2.22. The van der Waals surface area contributed by atoms with Crippen molar-refractivity contribution in [3.05, 3.63) is 23.9 Å². The monoisotopic (exact) mass is 262 g/mol. The van der Waals surface area contributed by atoms with Gasteiger partial charge in [-0.05, 0) is 19.5 Å². The number of pyridine rings is 1. The second-order valence-electron chi connectivity index (χ2n) is 4.48. The Morgan fingerprint density at radius 3 is 3.00 bits per heavy atom. The van der Waals surface area contributed by atoms with Crippen LogP contribution in [0.4, 0.5) is 5.82 Å². The van der Waals surface area contributed by atoms with Crippen LogP contribution in [-0.2, 0) is 16.1 Å². The fraction of sp³-hybridized carbons (Fsp3) is 0.462. The summed E-state index contributed by atoms with van der Waals surface area (Å²) in [6.07, 6.45) is 2.31. The molecule has 6 heteroatoms. The molecular formula is C13H18N4O2. The zero-order valence-corrected chi connectivity index (χ0v) is 11.1. The zero-order chi connectivity index (χ0) is 13.8. The Kier molecular flexibility index (Phi) is 4.11. The molecule has 6 nitrogen and oxygen atoms in total. The SMILES string of the molecule is CCC1C(=O)NC(=O)CN1c1ncccc1CNC. The van der Waals surface area contributed by atoms with Gasteiger partial charge in [0, 0.05) is 18.3 Å². The summed E-state index contributed by atoms with van der Waals surface area (Å²) in [5, 5.41) is 5.44. The van der Waals surface area contributed by atoms with Crippen LogP contribution in [0.5, 0.6) is 0 Å². The van der Waals surface area contributed by atoms with E-state index < -0.39 is 0 Å². The van der Waals surface area contributed by atoms with Crippen molar-refractivity contribution in [2.75, 3.05) is 18.5 Å². The third-order valence-electron chi connectivity index (χ3n) is 3.15. The quantitative estimate of drug-likeness (QED) is 0.750. The molecule has 1 aliphatic rings. The first kappa shape index (κ1) is 13.5. The summed E-state index contributed by atoms with van der Waals surface area (Å²) in [7, 11) is 1.85. The van der Waals surface area contributed by atoms with E-state index in [0.717, 1.165) is 5.56 Å². The van der Waals surface area contributed by atoms with Gasteiger partial charge in [0.2, 0.25) is 11.8 Å². The number of nitrogens with zero attached hydrogens (tertiary/aromatic N) is 2. The van der Waals surface area contributed by atoms with Crippen molar-refractivity contribution < 1.29 is 9.59 Å². The summed E-state index contributed by atoms with van der Waals surface area (Å²) in [4.78, 5) is 29.6. The molecule has 2 amide bonds. The number of carbonyl (C=O) groups excluding carboxylic acids is 2. The molecule has 1 saturated heterocycles. The molecule has 2 heterocycles. The van der Waals surface area contributed by atoms with Gasteiger partial charge in [-0.25, -0.2) is 4.98 Å². The number of aromatic nitrogens is 1. The maximum Gasteiger partial charge on any atom is 0.249 e. The molecule has 2 rings (SSSR count). The van der Waals surface area contributed by atoms with Gasteiger partial charge >= 0.3 is 0 Å². The largest absolute Gasteiger partial charge is 0.335 e. The lowest BCUT2D eigenvalue weighted by Crippen LogP contribution is -2.58. The first-order chi connectivity index (χ1) is 9.17. The van der Waals surface area contributed by atoms with Gasteiger partial charge in [-0.15, -0.1) is 0 Å². The Hall–Kier alpha value is -1.95. The first-order valence-corrected chi connectivity index (χ1v) is 6.36. The number of anilines is 1. The second kappa shape index (κ2) is 5.79. The highest BCUT2D eigenvalue weighted by Gasteiger charge is 2.34. The van der Waals surface area contributed by atoms with Crippen molar-refractivity contribution in [1.29, 1.82) is 0 Å². The molecule has 0 aromatic carbocycles. The van der Waals surface area contributed by atoms with Crippen LogP contribution < -0.4 is 15.5 Å². The minimum Gasteiger partial charge on any atom is -0.335 e. The van der Waals surface area contributed by atoms with Gasteiger partial charge in [0.15, 0.2) is 0 Å². The van der Waals surface area contributed by atoms with Gasteiger partial charge in [0.05, 0.1) is 6.54 Å². The molecule has 0 bridgehead atoms. The van der Waals surface area contributed by atoms with Crippen LogP contribution in [-0.4, -0.2) is 36.4 Å². The van der Waals surface area contributed by atoms with Crippen LogP contribution in [0.25, 0.3) is 0 Å². The molecule has 1 fully saturated rings. The zero-order valence-electron chi connectivity index (χ0n) is 11.1. The Morgan fingerprint density at radius 2 is 2.32 bits per heavy atom. The van der Waals surface area contributed by atoms with Crippen molar-refractivity contribution >= 4 is 17.6 Å². The predicted molar refractivity (Wildman–Crippen MR) is 71.6 cm³/mol. The molecule has 1 aliphatic heterocycles. The minimum absolute atomic E-state index is 0.165. The molecule has 0 aliphatic carbocycles. The number of hydrogen-bond acceptors (Lipinski definition) is 5. The van der Waals surface area contributed by atoms with E-state index in [-0.39, 0.29) is 24.4 Å². The molecular weight excluding hydrogens is 244 g/mol. The first-order valence-electron chi connectivity index (χ1n) is 6.36. The number of rotatable bonds is 4. The maximum atomic E-state index is 11.9. The van der Waals surface area contributed by atoms with E-state index >= 15 is 0 Å². The lowest BCUT2D eigenvalue weighted by molar-refractivity contribution is -0.132.